The molecule has 0 N–H and O–H groups in total. The lowest BCUT2D eigenvalue weighted by molar-refractivity contribution is 0.298. The summed E-state index contributed by atoms with van der Waals surface area (Å²) in [6.45, 7) is 3.50. The molecule has 1 fully saturated rings. The van der Waals surface area contributed by atoms with Gasteiger partial charge in [-0.3, -0.25) is 4.79 Å². The van der Waals surface area contributed by atoms with E-state index in [1.807, 2.05) is 33.5 Å². The Kier molecular flexibility index (Phi) is 6.77. The molecule has 0 amide bonds. The number of rotatable bonds is 9. The first-order valence-electron chi connectivity index (χ1n) is 11.3. The minimum atomic E-state index is 0.0558. The molecule has 0 radical (unpaired) electrons. The van der Waals surface area contributed by atoms with Crippen LogP contribution in [-0.2, 0) is 13.0 Å². The number of fused-ring (bicyclic) bond motifs is 1. The first-order chi connectivity index (χ1) is 14.8. The van der Waals surface area contributed by atoms with E-state index < -0.39 is 0 Å². The van der Waals surface area contributed by atoms with Gasteiger partial charge in [0.2, 0.25) is 0 Å². The maximum Gasteiger partial charge on any atom is 0.251 e. The topological polar surface area (TPSA) is 74.8 Å². The number of nitrogens with zero attached hydrogens (tertiary/aromatic N) is 5. The molecular weight excluding hydrogens is 378 g/mol. The molecule has 2 heterocycles. The predicted octanol–water partition coefficient (Wildman–Crippen LogP) is 4.30. The Bertz CT molecular complexity index is 1020. The van der Waals surface area contributed by atoms with Gasteiger partial charge in [-0.2, -0.15) is 0 Å². The first-order valence-corrected chi connectivity index (χ1v) is 11.3. The number of hydrogen-bond donors (Lipinski definition) is 0. The van der Waals surface area contributed by atoms with Crippen LogP contribution >= 0.6 is 0 Å². The average Bonchev–Trinajstić information content (AvgIpc) is 3.25. The number of unbranched alkanes of at least 4 members (excludes halogenated alkanes) is 1. The molecule has 30 heavy (non-hydrogen) atoms. The Morgan fingerprint density at radius 1 is 1.10 bits per heavy atom. The highest BCUT2D eigenvalue weighted by Crippen LogP contribution is 2.28. The summed E-state index contributed by atoms with van der Waals surface area (Å²) >= 11 is 0. The van der Waals surface area contributed by atoms with Gasteiger partial charge in [0.15, 0.2) is 5.82 Å². The van der Waals surface area contributed by atoms with Crippen LogP contribution in [0.15, 0.2) is 35.1 Å². The fourth-order valence-electron chi connectivity index (χ4n) is 4.32. The third kappa shape index (κ3) is 4.71. The number of ether oxygens (including phenoxy) is 1. The van der Waals surface area contributed by atoms with E-state index in [4.69, 9.17) is 4.74 Å². The Morgan fingerprint density at radius 3 is 2.80 bits per heavy atom. The van der Waals surface area contributed by atoms with Crippen molar-refractivity contribution in [3.8, 4) is 5.75 Å². The van der Waals surface area contributed by atoms with Gasteiger partial charge in [0.1, 0.15) is 5.75 Å². The summed E-state index contributed by atoms with van der Waals surface area (Å²) in [7, 11) is 0. The Morgan fingerprint density at radius 2 is 1.97 bits per heavy atom. The molecule has 0 unspecified atom stereocenters. The molecule has 0 atom stereocenters. The smallest absolute Gasteiger partial charge is 0.251 e. The van der Waals surface area contributed by atoms with Crippen molar-refractivity contribution in [3.63, 3.8) is 0 Å². The number of benzene rings is 1. The van der Waals surface area contributed by atoms with Gasteiger partial charge < -0.3 is 9.30 Å². The summed E-state index contributed by atoms with van der Waals surface area (Å²) < 4.78 is 9.87. The summed E-state index contributed by atoms with van der Waals surface area (Å²) in [5, 5.41) is 13.4. The average molecular weight is 410 g/mol. The van der Waals surface area contributed by atoms with Gasteiger partial charge in [0, 0.05) is 24.4 Å². The summed E-state index contributed by atoms with van der Waals surface area (Å²) in [4.78, 5) is 12.2. The SMILES string of the molecule is CCCCn1c(=O)ccc2cc(OCCCc3nnnn3C3CCCCC3)ccc21. The highest BCUT2D eigenvalue weighted by molar-refractivity contribution is 5.80. The van der Waals surface area contributed by atoms with Crippen LogP contribution in [0, 0.1) is 0 Å². The molecule has 0 spiro atoms. The van der Waals surface area contributed by atoms with E-state index in [2.05, 4.69) is 22.4 Å². The number of hydrogen-bond acceptors (Lipinski definition) is 5. The molecular formula is C23H31N5O2. The number of pyridine rings is 1. The second-order valence-electron chi connectivity index (χ2n) is 8.18. The molecule has 1 saturated carbocycles. The molecule has 7 heteroatoms. The Labute approximate surface area is 177 Å². The van der Waals surface area contributed by atoms with Crippen molar-refractivity contribution in [2.75, 3.05) is 6.61 Å². The van der Waals surface area contributed by atoms with Crippen LogP contribution in [0.5, 0.6) is 5.75 Å². The van der Waals surface area contributed by atoms with Crippen molar-refractivity contribution in [3.05, 3.63) is 46.5 Å². The monoisotopic (exact) mass is 409 g/mol. The zero-order chi connectivity index (χ0) is 20.8. The van der Waals surface area contributed by atoms with Gasteiger partial charge in [0.25, 0.3) is 5.56 Å². The highest BCUT2D eigenvalue weighted by atomic mass is 16.5. The van der Waals surface area contributed by atoms with Crippen LogP contribution in [0.1, 0.15) is 70.2 Å². The van der Waals surface area contributed by atoms with E-state index in [1.165, 1.54) is 32.1 Å². The summed E-state index contributed by atoms with van der Waals surface area (Å²) in [5.41, 5.74) is 1.02. The molecule has 3 aromatic rings. The van der Waals surface area contributed by atoms with Crippen LogP contribution < -0.4 is 10.3 Å². The third-order valence-electron chi connectivity index (χ3n) is 5.99. The van der Waals surface area contributed by atoms with Gasteiger partial charge in [-0.25, -0.2) is 4.68 Å². The lowest BCUT2D eigenvalue weighted by atomic mass is 9.95. The van der Waals surface area contributed by atoms with Gasteiger partial charge in [-0.15, -0.1) is 5.10 Å². The minimum Gasteiger partial charge on any atom is -0.494 e. The number of aryl methyl sites for hydroxylation is 2. The maximum absolute atomic E-state index is 12.2. The van der Waals surface area contributed by atoms with E-state index in [-0.39, 0.29) is 5.56 Å². The van der Waals surface area contributed by atoms with E-state index in [0.717, 1.165) is 54.7 Å². The fourth-order valence-corrected chi connectivity index (χ4v) is 4.32. The molecule has 0 aliphatic heterocycles. The fraction of sp³-hybridized carbons (Fsp3) is 0.565. The molecule has 1 aromatic carbocycles. The largest absolute Gasteiger partial charge is 0.494 e. The molecule has 1 aliphatic rings. The van der Waals surface area contributed by atoms with E-state index in [9.17, 15) is 4.79 Å². The molecule has 1 aliphatic carbocycles. The highest BCUT2D eigenvalue weighted by Gasteiger charge is 2.19. The maximum atomic E-state index is 12.2. The van der Waals surface area contributed by atoms with Gasteiger partial charge in [0.05, 0.1) is 18.2 Å². The van der Waals surface area contributed by atoms with Crippen molar-refractivity contribution in [1.82, 2.24) is 24.8 Å². The quantitative estimate of drug-likeness (QED) is 0.493. The molecule has 0 bridgehead atoms. The number of tetrazole rings is 1. The minimum absolute atomic E-state index is 0.0558. The molecule has 2 aromatic heterocycles. The van der Waals surface area contributed by atoms with Gasteiger partial charge in [-0.1, -0.05) is 32.6 Å². The van der Waals surface area contributed by atoms with E-state index in [0.29, 0.717) is 12.6 Å². The predicted molar refractivity (Wildman–Crippen MR) is 117 cm³/mol. The normalized spacial score (nSPS) is 15.0. The van der Waals surface area contributed by atoms with Crippen LogP contribution in [-0.4, -0.2) is 31.4 Å². The van der Waals surface area contributed by atoms with E-state index >= 15 is 0 Å². The number of aromatic nitrogens is 5. The van der Waals surface area contributed by atoms with Gasteiger partial charge >= 0.3 is 0 Å². The van der Waals surface area contributed by atoms with Crippen LogP contribution in [0.3, 0.4) is 0 Å². The van der Waals surface area contributed by atoms with Crippen molar-refractivity contribution in [2.45, 2.75) is 77.3 Å². The molecule has 0 saturated heterocycles. The lowest BCUT2D eigenvalue weighted by Crippen LogP contribution is -2.19. The third-order valence-corrected chi connectivity index (χ3v) is 5.99. The summed E-state index contributed by atoms with van der Waals surface area (Å²) in [6, 6.07) is 9.94. The Balaban J connectivity index is 1.35. The van der Waals surface area contributed by atoms with Crippen LogP contribution in [0.2, 0.25) is 0 Å². The van der Waals surface area contributed by atoms with E-state index in [1.54, 1.807) is 6.07 Å². The second-order valence-corrected chi connectivity index (χ2v) is 8.18. The summed E-state index contributed by atoms with van der Waals surface area (Å²) in [6.07, 6.45) is 9.94. The first kappa shape index (κ1) is 20.6. The van der Waals surface area contributed by atoms with Crippen LogP contribution in [0.25, 0.3) is 10.9 Å². The van der Waals surface area contributed by atoms with Gasteiger partial charge in [-0.05, 0) is 60.4 Å². The standard InChI is InChI=1S/C23H31N5O2/c1-2-3-15-27-21-13-12-20(17-18(21)11-14-23(27)29)30-16-7-10-22-24-25-26-28(22)19-8-5-4-6-9-19/h11-14,17,19H,2-10,15-16H2,1H3. The molecule has 4 rings (SSSR count). The van der Waals surface area contributed by atoms with Crippen molar-refractivity contribution >= 4 is 10.9 Å². The van der Waals surface area contributed by atoms with Crippen molar-refractivity contribution in [1.29, 1.82) is 0 Å². The molecule has 160 valence electrons. The van der Waals surface area contributed by atoms with Crippen LogP contribution in [0.4, 0.5) is 0 Å². The zero-order valence-corrected chi connectivity index (χ0v) is 17.8. The second kappa shape index (κ2) is 9.87. The summed E-state index contributed by atoms with van der Waals surface area (Å²) in [5.74, 6) is 1.79. The molecule has 7 nitrogen and oxygen atoms in total. The van der Waals surface area contributed by atoms with Crippen molar-refractivity contribution < 1.29 is 4.74 Å². The lowest BCUT2D eigenvalue weighted by Gasteiger charge is -2.22. The van der Waals surface area contributed by atoms with Crippen molar-refractivity contribution in [2.24, 2.45) is 0 Å². The zero-order valence-electron chi connectivity index (χ0n) is 17.8. The Hall–Kier alpha value is -2.70.